The Kier molecular flexibility index (Phi) is 11.4. The van der Waals surface area contributed by atoms with Crippen LogP contribution < -0.4 is 15.4 Å². The number of nitrogens with one attached hydrogen (secondary N) is 2. The van der Waals surface area contributed by atoms with Crippen molar-refractivity contribution in [3.8, 4) is 5.88 Å². The van der Waals surface area contributed by atoms with E-state index in [1.807, 2.05) is 12.1 Å². The third kappa shape index (κ3) is 9.36. The predicted molar refractivity (Wildman–Crippen MR) is 126 cm³/mol. The number of nitrogens with zero attached hydrogens (tertiary/aromatic N) is 3. The lowest BCUT2D eigenvalue weighted by atomic mass is 10.1. The molecular formula is C24H37N5O2. The van der Waals surface area contributed by atoms with E-state index in [9.17, 15) is 0 Å². The monoisotopic (exact) mass is 427 g/mol. The van der Waals surface area contributed by atoms with Crippen LogP contribution in [0.1, 0.15) is 31.4 Å². The Hall–Kier alpha value is -2.64. The summed E-state index contributed by atoms with van der Waals surface area (Å²) in [4.78, 5) is 11.4. The fourth-order valence-electron chi connectivity index (χ4n) is 3.05. The molecular weight excluding hydrogens is 390 g/mol. The van der Waals surface area contributed by atoms with E-state index in [4.69, 9.17) is 14.5 Å². The van der Waals surface area contributed by atoms with Crippen molar-refractivity contribution in [1.82, 2.24) is 20.5 Å². The Morgan fingerprint density at radius 2 is 1.94 bits per heavy atom. The van der Waals surface area contributed by atoms with Crippen LogP contribution in [0.2, 0.25) is 0 Å². The second kappa shape index (κ2) is 14.4. The van der Waals surface area contributed by atoms with Gasteiger partial charge < -0.3 is 20.1 Å². The van der Waals surface area contributed by atoms with Crippen LogP contribution in [-0.2, 0) is 17.8 Å². The van der Waals surface area contributed by atoms with E-state index in [1.165, 1.54) is 5.56 Å². The van der Waals surface area contributed by atoms with Crippen LogP contribution in [0.15, 0.2) is 53.7 Å². The maximum absolute atomic E-state index is 5.71. The molecule has 0 bridgehead atoms. The highest BCUT2D eigenvalue weighted by Crippen LogP contribution is 2.15. The standard InChI is InChI=1S/C24H37N5O2/c1-5-25-24(28-18-22-12-9-14-26-23(22)31-17-16-30-4)27-15-13-20(2)29(3)19-21-10-7-6-8-11-21/h6-12,14,20H,5,13,15-19H2,1-4H3,(H2,25,27,28). The summed E-state index contributed by atoms with van der Waals surface area (Å²) >= 11 is 0. The number of aromatic nitrogens is 1. The molecule has 7 nitrogen and oxygen atoms in total. The molecule has 7 heteroatoms. The van der Waals surface area contributed by atoms with E-state index >= 15 is 0 Å². The lowest BCUT2D eigenvalue weighted by Gasteiger charge is -2.25. The van der Waals surface area contributed by atoms with Crippen LogP contribution in [0, 0.1) is 0 Å². The van der Waals surface area contributed by atoms with Crippen molar-refractivity contribution in [2.24, 2.45) is 4.99 Å². The highest BCUT2D eigenvalue weighted by atomic mass is 16.5. The molecule has 0 aliphatic heterocycles. The molecule has 2 N–H and O–H groups in total. The molecule has 2 rings (SSSR count). The molecule has 0 spiro atoms. The quantitative estimate of drug-likeness (QED) is 0.291. The number of aliphatic imine (C=N–C) groups is 1. The van der Waals surface area contributed by atoms with E-state index in [0.29, 0.717) is 31.7 Å². The minimum Gasteiger partial charge on any atom is -0.475 e. The Bertz CT molecular complexity index is 770. The van der Waals surface area contributed by atoms with Gasteiger partial charge in [0, 0.05) is 44.5 Å². The van der Waals surface area contributed by atoms with Crippen LogP contribution in [0.4, 0.5) is 0 Å². The highest BCUT2D eigenvalue weighted by Gasteiger charge is 2.10. The number of benzene rings is 1. The minimum atomic E-state index is 0.453. The normalized spacial score (nSPS) is 12.6. The second-order valence-corrected chi connectivity index (χ2v) is 7.47. The third-order valence-corrected chi connectivity index (χ3v) is 5.01. The maximum atomic E-state index is 5.71. The minimum absolute atomic E-state index is 0.453. The summed E-state index contributed by atoms with van der Waals surface area (Å²) in [7, 11) is 3.83. The number of ether oxygens (including phenoxy) is 2. The number of pyridine rings is 1. The van der Waals surface area contributed by atoms with Gasteiger partial charge in [0.05, 0.1) is 13.2 Å². The molecule has 1 heterocycles. The van der Waals surface area contributed by atoms with Gasteiger partial charge in [0.1, 0.15) is 6.61 Å². The molecule has 0 fully saturated rings. The van der Waals surface area contributed by atoms with Crippen molar-refractivity contribution in [2.45, 2.75) is 39.4 Å². The zero-order valence-electron chi connectivity index (χ0n) is 19.3. The van der Waals surface area contributed by atoms with Gasteiger partial charge in [0.15, 0.2) is 5.96 Å². The molecule has 1 atom stereocenters. The Morgan fingerprint density at radius 3 is 2.68 bits per heavy atom. The number of guanidine groups is 1. The van der Waals surface area contributed by atoms with Crippen molar-refractivity contribution in [3.63, 3.8) is 0 Å². The molecule has 31 heavy (non-hydrogen) atoms. The van der Waals surface area contributed by atoms with E-state index in [1.54, 1.807) is 13.3 Å². The molecule has 0 saturated heterocycles. The molecule has 1 aromatic heterocycles. The summed E-state index contributed by atoms with van der Waals surface area (Å²) in [5.74, 6) is 1.41. The molecule has 1 unspecified atom stereocenters. The van der Waals surface area contributed by atoms with Gasteiger partial charge in [-0.15, -0.1) is 0 Å². The van der Waals surface area contributed by atoms with Crippen molar-refractivity contribution in [1.29, 1.82) is 0 Å². The van der Waals surface area contributed by atoms with Gasteiger partial charge in [-0.05, 0) is 38.9 Å². The Balaban J connectivity index is 1.84. The summed E-state index contributed by atoms with van der Waals surface area (Å²) in [6.07, 6.45) is 2.75. The van der Waals surface area contributed by atoms with Gasteiger partial charge in [0.2, 0.25) is 5.88 Å². The van der Waals surface area contributed by atoms with E-state index in [0.717, 1.165) is 37.6 Å². The topological polar surface area (TPSA) is 71.0 Å². The van der Waals surface area contributed by atoms with Crippen LogP contribution >= 0.6 is 0 Å². The summed E-state index contributed by atoms with van der Waals surface area (Å²) in [6, 6.07) is 14.9. The molecule has 0 aliphatic carbocycles. The van der Waals surface area contributed by atoms with E-state index in [2.05, 4.69) is 71.7 Å². The summed E-state index contributed by atoms with van der Waals surface area (Å²) in [5, 5.41) is 6.75. The first-order chi connectivity index (χ1) is 15.1. The number of hydrogen-bond donors (Lipinski definition) is 2. The van der Waals surface area contributed by atoms with Gasteiger partial charge in [0.25, 0.3) is 0 Å². The largest absolute Gasteiger partial charge is 0.475 e. The molecule has 0 aliphatic rings. The van der Waals surface area contributed by atoms with Crippen molar-refractivity contribution >= 4 is 5.96 Å². The van der Waals surface area contributed by atoms with Crippen molar-refractivity contribution < 1.29 is 9.47 Å². The molecule has 0 saturated carbocycles. The summed E-state index contributed by atoms with van der Waals surface area (Å²) < 4.78 is 10.7. The Morgan fingerprint density at radius 1 is 1.13 bits per heavy atom. The average molecular weight is 428 g/mol. The van der Waals surface area contributed by atoms with Gasteiger partial charge in [-0.3, -0.25) is 4.90 Å². The van der Waals surface area contributed by atoms with Crippen LogP contribution in [0.5, 0.6) is 5.88 Å². The molecule has 0 amide bonds. The third-order valence-electron chi connectivity index (χ3n) is 5.01. The van der Waals surface area contributed by atoms with Crippen LogP contribution in [0.25, 0.3) is 0 Å². The number of hydrogen-bond acceptors (Lipinski definition) is 5. The van der Waals surface area contributed by atoms with E-state index < -0.39 is 0 Å². The lowest BCUT2D eigenvalue weighted by Crippen LogP contribution is -2.40. The zero-order chi connectivity index (χ0) is 22.3. The molecule has 0 radical (unpaired) electrons. The first kappa shape index (κ1) is 24.6. The summed E-state index contributed by atoms with van der Waals surface area (Å²) in [6.45, 7) is 8.41. The lowest BCUT2D eigenvalue weighted by molar-refractivity contribution is 0.143. The molecule has 1 aromatic carbocycles. The smallest absolute Gasteiger partial charge is 0.218 e. The zero-order valence-corrected chi connectivity index (χ0v) is 19.3. The van der Waals surface area contributed by atoms with Gasteiger partial charge in [-0.2, -0.15) is 0 Å². The Labute approximate surface area is 186 Å². The van der Waals surface area contributed by atoms with Crippen LogP contribution in [0.3, 0.4) is 0 Å². The number of rotatable bonds is 13. The van der Waals surface area contributed by atoms with Crippen LogP contribution in [-0.4, -0.2) is 62.3 Å². The fourth-order valence-corrected chi connectivity index (χ4v) is 3.05. The SMILES string of the molecule is CCNC(=NCc1cccnc1OCCOC)NCCC(C)N(C)Cc1ccccc1. The van der Waals surface area contributed by atoms with Gasteiger partial charge in [-0.1, -0.05) is 36.4 Å². The molecule has 2 aromatic rings. The average Bonchev–Trinajstić information content (AvgIpc) is 2.79. The van der Waals surface area contributed by atoms with Gasteiger partial charge >= 0.3 is 0 Å². The highest BCUT2D eigenvalue weighted by molar-refractivity contribution is 5.79. The van der Waals surface area contributed by atoms with E-state index in [-0.39, 0.29) is 0 Å². The second-order valence-electron chi connectivity index (χ2n) is 7.47. The first-order valence-electron chi connectivity index (χ1n) is 11.0. The summed E-state index contributed by atoms with van der Waals surface area (Å²) in [5.41, 5.74) is 2.28. The van der Waals surface area contributed by atoms with Crippen molar-refractivity contribution in [3.05, 3.63) is 59.8 Å². The first-order valence-corrected chi connectivity index (χ1v) is 11.0. The predicted octanol–water partition coefficient (Wildman–Crippen LogP) is 3.07. The van der Waals surface area contributed by atoms with Crippen molar-refractivity contribution in [2.75, 3.05) is 40.5 Å². The number of methoxy groups -OCH3 is 1. The maximum Gasteiger partial charge on any atom is 0.218 e. The molecule has 170 valence electrons. The fraction of sp³-hybridized carbons (Fsp3) is 0.500. The van der Waals surface area contributed by atoms with Gasteiger partial charge in [-0.25, -0.2) is 9.98 Å².